The van der Waals surface area contributed by atoms with Gasteiger partial charge in [-0.2, -0.15) is 0 Å². The van der Waals surface area contributed by atoms with Gasteiger partial charge in [0, 0.05) is 48.7 Å². The Hall–Kier alpha value is -3.33. The fraction of sp³-hybridized carbons (Fsp3) is 0.206. The molecule has 10 nitrogen and oxygen atoms in total. The number of ether oxygens (including phenoxy) is 2. The zero-order valence-corrected chi connectivity index (χ0v) is 29.7. The number of anilines is 2. The van der Waals surface area contributed by atoms with Gasteiger partial charge < -0.3 is 47.3 Å². The number of carboxylic acid groups (broad SMARTS) is 1. The Bertz CT molecular complexity index is 1810. The van der Waals surface area contributed by atoms with Crippen molar-refractivity contribution in [2.45, 2.75) is 36.9 Å². The van der Waals surface area contributed by atoms with Crippen molar-refractivity contribution in [2.24, 2.45) is 0 Å². The molecule has 0 aliphatic carbocycles. The van der Waals surface area contributed by atoms with Crippen molar-refractivity contribution in [3.8, 4) is 17.1 Å². The SMILES string of the molecule is COC1c2cc(OCNc3cccc(-[n+]4c([S-])nn(-c5ccccc5)c4C)c3)ccc2N(Cc2ccccc2)C(C(=O)[O-])C1O.[K+]. The second kappa shape index (κ2) is 15.0. The molecule has 2 heterocycles. The van der Waals surface area contributed by atoms with Gasteiger partial charge in [0.2, 0.25) is 5.82 Å². The normalized spacial score (nSPS) is 17.1. The number of carboxylic acids is 1. The summed E-state index contributed by atoms with van der Waals surface area (Å²) in [4.78, 5) is 13.8. The topological polar surface area (TPSA) is 116 Å². The minimum atomic E-state index is -1.37. The van der Waals surface area contributed by atoms with Crippen LogP contribution in [0.2, 0.25) is 0 Å². The van der Waals surface area contributed by atoms with Gasteiger partial charge >= 0.3 is 51.4 Å². The molecule has 6 rings (SSSR count). The number of fused-ring (bicyclic) bond motifs is 1. The molecule has 0 radical (unpaired) electrons. The van der Waals surface area contributed by atoms with E-state index in [1.54, 1.807) is 23.1 Å². The number of methoxy groups -OCH3 is 1. The number of rotatable bonds is 10. The first-order valence-corrected chi connectivity index (χ1v) is 14.8. The predicted octanol–water partition coefficient (Wildman–Crippen LogP) is 0.00272. The maximum absolute atomic E-state index is 12.2. The van der Waals surface area contributed by atoms with E-state index in [-0.39, 0.29) is 64.7 Å². The molecule has 3 unspecified atom stereocenters. The molecule has 230 valence electrons. The molecule has 0 amide bonds. The van der Waals surface area contributed by atoms with Gasteiger partial charge in [-0.3, -0.25) is 0 Å². The molecule has 0 spiro atoms. The van der Waals surface area contributed by atoms with Gasteiger partial charge in [0.1, 0.15) is 29.3 Å². The number of aromatic nitrogens is 3. The molecule has 1 aromatic heterocycles. The van der Waals surface area contributed by atoms with Crippen molar-refractivity contribution in [1.82, 2.24) is 9.78 Å². The van der Waals surface area contributed by atoms with Crippen LogP contribution in [0.15, 0.2) is 108 Å². The first-order chi connectivity index (χ1) is 21.9. The van der Waals surface area contributed by atoms with Gasteiger partial charge in [0.05, 0.1) is 12.0 Å². The molecule has 0 bridgehead atoms. The molecule has 1 aliphatic heterocycles. The fourth-order valence-corrected chi connectivity index (χ4v) is 6.12. The van der Waals surface area contributed by atoms with Gasteiger partial charge in [-0.15, -0.1) is 0 Å². The molecular formula is C34H32KN5O5S. The summed E-state index contributed by atoms with van der Waals surface area (Å²) in [5.41, 5.74) is 4.74. The third-order valence-electron chi connectivity index (χ3n) is 7.90. The van der Waals surface area contributed by atoms with E-state index in [1.807, 2.05) is 101 Å². The van der Waals surface area contributed by atoms with Crippen LogP contribution in [0.3, 0.4) is 0 Å². The van der Waals surface area contributed by atoms with E-state index in [1.165, 1.54) is 7.11 Å². The van der Waals surface area contributed by atoms with Gasteiger partial charge in [-0.25, -0.2) is 4.57 Å². The number of nitrogens with zero attached hydrogens (tertiary/aromatic N) is 4. The van der Waals surface area contributed by atoms with Gasteiger partial charge in [-0.1, -0.05) is 59.3 Å². The maximum Gasteiger partial charge on any atom is 1.00 e. The Morgan fingerprint density at radius 3 is 2.43 bits per heavy atom. The third kappa shape index (κ3) is 6.99. The molecule has 1 aliphatic rings. The maximum atomic E-state index is 12.2. The van der Waals surface area contributed by atoms with E-state index in [0.717, 1.165) is 28.5 Å². The number of benzene rings is 4. The molecule has 2 N–H and O–H groups in total. The summed E-state index contributed by atoms with van der Waals surface area (Å²) in [6.07, 6.45) is -2.23. The number of aliphatic hydroxyl groups excluding tert-OH is 1. The molecule has 4 aromatic carbocycles. The predicted molar refractivity (Wildman–Crippen MR) is 168 cm³/mol. The molecule has 12 heteroatoms. The molecule has 5 aromatic rings. The summed E-state index contributed by atoms with van der Waals surface area (Å²) < 4.78 is 15.4. The van der Waals surface area contributed by atoms with Crippen LogP contribution in [0.4, 0.5) is 11.4 Å². The van der Waals surface area contributed by atoms with Crippen LogP contribution in [0.5, 0.6) is 5.75 Å². The number of hydrogen-bond acceptors (Lipinski definition) is 9. The molecule has 3 atom stereocenters. The number of nitrogens with one attached hydrogen (secondary N) is 1. The van der Waals surface area contributed by atoms with Crippen LogP contribution >= 0.6 is 0 Å². The van der Waals surface area contributed by atoms with Crippen LogP contribution in [0, 0.1) is 6.92 Å². The smallest absolute Gasteiger partial charge is 0.702 e. The number of para-hydroxylation sites is 1. The Kier molecular flexibility index (Phi) is 11.1. The Morgan fingerprint density at radius 1 is 1.02 bits per heavy atom. The van der Waals surface area contributed by atoms with Crippen LogP contribution in [-0.2, 0) is 28.7 Å². The Balaban J connectivity index is 0.00000417. The largest absolute Gasteiger partial charge is 1.00 e. The number of carbonyl (C=O) groups excluding carboxylic acids is 1. The second-order valence-corrected chi connectivity index (χ2v) is 11.0. The molecule has 0 saturated carbocycles. The summed E-state index contributed by atoms with van der Waals surface area (Å²) in [5, 5.41) is 31.6. The second-order valence-electron chi connectivity index (χ2n) is 10.7. The standard InChI is InChI=1S/C34H33N5O5S.K/c1-22-38(34(45)36-39(22)25-13-7-4-8-14-25)26-15-9-12-24(18-26)35-21-44-27-16-17-29-28(19-27)32(43-2)31(40)30(33(41)42)37(29)20-23-10-5-3-6-11-23;/h3-19,30-32,35,40H,20-21H2,1-2H3,(H-,36,41,42,45);/q;+1/p-1. The zero-order valence-electron chi connectivity index (χ0n) is 25.7. The van der Waals surface area contributed by atoms with Crippen molar-refractivity contribution in [3.63, 3.8) is 0 Å². The number of carbonyl (C=O) groups is 1. The Morgan fingerprint density at radius 2 is 1.74 bits per heavy atom. The fourth-order valence-electron chi connectivity index (χ4n) is 5.80. The first-order valence-electron chi connectivity index (χ1n) is 14.4. The quantitative estimate of drug-likeness (QED) is 0.0925. The minimum Gasteiger partial charge on any atom is -0.702 e. The van der Waals surface area contributed by atoms with Crippen molar-refractivity contribution in [3.05, 3.63) is 120 Å². The van der Waals surface area contributed by atoms with E-state index in [4.69, 9.17) is 22.1 Å². The molecule has 46 heavy (non-hydrogen) atoms. The van der Waals surface area contributed by atoms with Gasteiger partial charge in [0.25, 0.3) is 0 Å². The van der Waals surface area contributed by atoms with Gasteiger partial charge in [0.15, 0.2) is 11.9 Å². The first kappa shape index (κ1) is 34.0. The molecule has 0 saturated heterocycles. The molecular weight excluding hydrogens is 630 g/mol. The van der Waals surface area contributed by atoms with Crippen LogP contribution < -0.4 is 76.0 Å². The summed E-state index contributed by atoms with van der Waals surface area (Å²) >= 11 is 5.60. The third-order valence-corrected chi connectivity index (χ3v) is 8.17. The van der Waals surface area contributed by atoms with Crippen LogP contribution in [0.1, 0.15) is 23.1 Å². The Labute approximate surface area is 315 Å². The van der Waals surface area contributed by atoms with E-state index < -0.39 is 24.2 Å². The molecule has 0 fully saturated rings. The van der Waals surface area contributed by atoms with E-state index in [9.17, 15) is 15.0 Å². The van der Waals surface area contributed by atoms with E-state index in [0.29, 0.717) is 22.2 Å². The zero-order chi connectivity index (χ0) is 31.5. The van der Waals surface area contributed by atoms with Crippen molar-refractivity contribution < 1.29 is 80.4 Å². The summed E-state index contributed by atoms with van der Waals surface area (Å²) in [6, 6.07) is 31.1. The van der Waals surface area contributed by atoms with Crippen molar-refractivity contribution in [2.75, 3.05) is 24.1 Å². The number of aliphatic carboxylic acids is 1. The summed E-state index contributed by atoms with van der Waals surface area (Å²) in [7, 11) is 1.44. The number of hydrogen-bond donors (Lipinski definition) is 2. The van der Waals surface area contributed by atoms with E-state index in [2.05, 4.69) is 10.4 Å². The van der Waals surface area contributed by atoms with Crippen molar-refractivity contribution >= 4 is 30.0 Å². The average molecular weight is 662 g/mol. The van der Waals surface area contributed by atoms with Crippen molar-refractivity contribution in [1.29, 1.82) is 0 Å². The average Bonchev–Trinajstić information content (AvgIpc) is 3.35. The summed E-state index contributed by atoms with van der Waals surface area (Å²) in [6.45, 7) is 2.38. The minimum absolute atomic E-state index is 0. The van der Waals surface area contributed by atoms with Crippen LogP contribution in [-0.4, -0.2) is 46.8 Å². The number of aliphatic hydroxyl groups is 1. The van der Waals surface area contributed by atoms with E-state index >= 15 is 0 Å². The van der Waals surface area contributed by atoms with Gasteiger partial charge in [-0.05, 0) is 48.0 Å². The summed E-state index contributed by atoms with van der Waals surface area (Å²) in [5.74, 6) is 0.0213. The monoisotopic (exact) mass is 661 g/mol. The van der Waals surface area contributed by atoms with Crippen LogP contribution in [0.25, 0.3) is 11.4 Å².